The maximum Gasteiger partial charge on any atom is 0.336 e. The summed E-state index contributed by atoms with van der Waals surface area (Å²) >= 11 is 0. The maximum absolute atomic E-state index is 12.4. The summed E-state index contributed by atoms with van der Waals surface area (Å²) in [6, 6.07) is 19.5. The lowest BCUT2D eigenvalue weighted by molar-refractivity contribution is 0.0696. The Morgan fingerprint density at radius 3 is 2.58 bits per heavy atom. The molecule has 1 N–H and O–H groups in total. The smallest absolute Gasteiger partial charge is 0.336 e. The number of hydrogen-bond acceptors (Lipinski definition) is 5. The monoisotopic (exact) mass is 499 g/mol. The number of pyridine rings is 1. The van der Waals surface area contributed by atoms with Crippen LogP contribution < -0.4 is 0 Å². The molecule has 36 heavy (non-hydrogen) atoms. The molecule has 0 amide bonds. The van der Waals surface area contributed by atoms with Crippen LogP contribution in [0.3, 0.4) is 0 Å². The first kappa shape index (κ1) is 25.1. The van der Waals surface area contributed by atoms with Crippen molar-refractivity contribution in [1.82, 2.24) is 19.7 Å². The van der Waals surface area contributed by atoms with Crippen LogP contribution in [-0.4, -0.2) is 43.8 Å². The minimum atomic E-state index is -0.938. The topological polar surface area (TPSA) is 95.0 Å². The van der Waals surface area contributed by atoms with Gasteiger partial charge in [0.15, 0.2) is 0 Å². The second kappa shape index (κ2) is 10.7. The first-order valence-corrected chi connectivity index (χ1v) is 11.7. The van der Waals surface area contributed by atoms with Gasteiger partial charge in [-0.05, 0) is 24.3 Å². The quantitative estimate of drug-likeness (QED) is 0.376. The normalized spacial score (nSPS) is 14.3. The Balaban J connectivity index is 0.00000304. The minimum absolute atomic E-state index is 0. The van der Waals surface area contributed by atoms with E-state index in [4.69, 9.17) is 15.3 Å². The van der Waals surface area contributed by atoms with Crippen molar-refractivity contribution >= 4 is 40.9 Å². The Hall–Kier alpha value is -3.99. The van der Waals surface area contributed by atoms with Gasteiger partial charge in [0.1, 0.15) is 0 Å². The molecule has 0 spiro atoms. The Morgan fingerprint density at radius 2 is 1.86 bits per heavy atom. The van der Waals surface area contributed by atoms with E-state index in [1.165, 1.54) is 0 Å². The predicted molar refractivity (Wildman–Crippen MR) is 143 cm³/mol. The number of likely N-dealkylation sites (N-methyl/N-ethyl adjacent to an activating group) is 1. The van der Waals surface area contributed by atoms with E-state index in [0.717, 1.165) is 40.2 Å². The van der Waals surface area contributed by atoms with Crippen molar-refractivity contribution in [2.45, 2.75) is 26.4 Å². The molecule has 0 atom stereocenters. The van der Waals surface area contributed by atoms with E-state index < -0.39 is 5.97 Å². The molecule has 8 heteroatoms. The molecular weight excluding hydrogens is 474 g/mol. The lowest BCUT2D eigenvalue weighted by Gasteiger charge is -2.30. The molecule has 0 radical (unpaired) electrons. The summed E-state index contributed by atoms with van der Waals surface area (Å²) in [7, 11) is 0. The highest BCUT2D eigenvalue weighted by Gasteiger charge is 2.28. The van der Waals surface area contributed by atoms with Crippen LogP contribution in [0.5, 0.6) is 0 Å². The molecule has 2 aromatic heterocycles. The standard InChI is InChI=1S/C28H25N5O2.ClH/c1-2-32-16-20(27-23(18-32)25(28(34)35)22-11-6-7-12-24(22)30-27)15-21-17-33(14-8-13-29)31-26(21)19-9-4-3-5-10-19;/h3-7,9-12,15,17H,2,8,14,16,18H2,1H3,(H,34,35);1H/b20-15+;. The first-order chi connectivity index (χ1) is 17.1. The Morgan fingerprint density at radius 1 is 1.11 bits per heavy atom. The predicted octanol–water partition coefficient (Wildman–Crippen LogP) is 5.51. The summed E-state index contributed by atoms with van der Waals surface area (Å²) in [5, 5.41) is 24.6. The third-order valence-electron chi connectivity index (χ3n) is 6.35. The number of aromatic carboxylic acids is 1. The van der Waals surface area contributed by atoms with Crippen LogP contribution in [0.1, 0.15) is 40.5 Å². The minimum Gasteiger partial charge on any atom is -0.478 e. The number of aryl methyl sites for hydroxylation is 1. The number of benzene rings is 2. The number of fused-ring (bicyclic) bond motifs is 2. The van der Waals surface area contributed by atoms with Gasteiger partial charge in [-0.15, -0.1) is 12.4 Å². The Kier molecular flexibility index (Phi) is 7.49. The van der Waals surface area contributed by atoms with E-state index in [1.807, 2.05) is 60.8 Å². The third kappa shape index (κ3) is 4.74. The third-order valence-corrected chi connectivity index (χ3v) is 6.35. The molecule has 2 aromatic carbocycles. The van der Waals surface area contributed by atoms with E-state index in [9.17, 15) is 9.90 Å². The number of halogens is 1. The molecule has 0 fully saturated rings. The summed E-state index contributed by atoms with van der Waals surface area (Å²) in [5.41, 5.74) is 6.15. The summed E-state index contributed by atoms with van der Waals surface area (Å²) in [4.78, 5) is 19.5. The van der Waals surface area contributed by atoms with E-state index in [0.29, 0.717) is 42.5 Å². The van der Waals surface area contributed by atoms with Gasteiger partial charge >= 0.3 is 5.97 Å². The number of nitriles is 1. The van der Waals surface area contributed by atoms with Crippen LogP contribution in [-0.2, 0) is 13.1 Å². The molecule has 0 saturated heterocycles. The van der Waals surface area contributed by atoms with Gasteiger partial charge in [-0.25, -0.2) is 9.78 Å². The number of hydrogen-bond donors (Lipinski definition) is 1. The average Bonchev–Trinajstić information content (AvgIpc) is 3.28. The second-order valence-corrected chi connectivity index (χ2v) is 8.58. The van der Waals surface area contributed by atoms with E-state index in [2.05, 4.69) is 24.0 Å². The molecule has 7 nitrogen and oxygen atoms in total. The van der Waals surface area contributed by atoms with Crippen molar-refractivity contribution in [3.63, 3.8) is 0 Å². The molecule has 1 aliphatic rings. The molecule has 0 bridgehead atoms. The maximum atomic E-state index is 12.4. The molecule has 4 aromatic rings. The van der Waals surface area contributed by atoms with Gasteiger partial charge in [0.2, 0.25) is 0 Å². The van der Waals surface area contributed by atoms with Gasteiger partial charge in [-0.1, -0.05) is 55.5 Å². The number of carbonyl (C=O) groups is 1. The van der Waals surface area contributed by atoms with Crippen LogP contribution >= 0.6 is 12.4 Å². The molecule has 182 valence electrons. The number of carboxylic acid groups (broad SMARTS) is 1. The zero-order chi connectivity index (χ0) is 24.4. The zero-order valence-corrected chi connectivity index (χ0v) is 20.7. The first-order valence-electron chi connectivity index (χ1n) is 11.7. The summed E-state index contributed by atoms with van der Waals surface area (Å²) in [5.74, 6) is -0.938. The van der Waals surface area contributed by atoms with Gasteiger partial charge in [-0.2, -0.15) is 10.4 Å². The summed E-state index contributed by atoms with van der Waals surface area (Å²) in [6.45, 7) is 4.56. The van der Waals surface area contributed by atoms with Crippen molar-refractivity contribution in [3.8, 4) is 17.3 Å². The van der Waals surface area contributed by atoms with E-state index in [-0.39, 0.29) is 12.4 Å². The van der Waals surface area contributed by atoms with Crippen molar-refractivity contribution in [2.75, 3.05) is 13.1 Å². The number of rotatable bonds is 6. The van der Waals surface area contributed by atoms with Gasteiger partial charge in [0.05, 0.1) is 41.5 Å². The molecular formula is C28H26ClN5O2. The van der Waals surface area contributed by atoms with Crippen LogP contribution in [0, 0.1) is 11.3 Å². The fourth-order valence-corrected chi connectivity index (χ4v) is 4.68. The molecule has 1 aliphatic heterocycles. The highest BCUT2D eigenvalue weighted by Crippen LogP contribution is 2.35. The second-order valence-electron chi connectivity index (χ2n) is 8.58. The number of carboxylic acids is 1. The fourth-order valence-electron chi connectivity index (χ4n) is 4.68. The largest absolute Gasteiger partial charge is 0.478 e. The van der Waals surface area contributed by atoms with Crippen LogP contribution in [0.25, 0.3) is 33.8 Å². The van der Waals surface area contributed by atoms with Crippen molar-refractivity contribution < 1.29 is 9.90 Å². The molecule has 0 aliphatic carbocycles. The van der Waals surface area contributed by atoms with Gasteiger partial charge in [-0.3, -0.25) is 9.58 Å². The molecule has 0 unspecified atom stereocenters. The zero-order valence-electron chi connectivity index (χ0n) is 19.9. The number of para-hydroxylation sites is 1. The van der Waals surface area contributed by atoms with E-state index in [1.54, 1.807) is 4.68 Å². The van der Waals surface area contributed by atoms with Gasteiger partial charge in [0, 0.05) is 41.4 Å². The lowest BCUT2D eigenvalue weighted by Crippen LogP contribution is -2.31. The highest BCUT2D eigenvalue weighted by molar-refractivity contribution is 6.06. The Bertz CT molecular complexity index is 1490. The van der Waals surface area contributed by atoms with Crippen molar-refractivity contribution in [3.05, 3.63) is 83.2 Å². The lowest BCUT2D eigenvalue weighted by atomic mass is 9.92. The van der Waals surface area contributed by atoms with E-state index >= 15 is 0 Å². The van der Waals surface area contributed by atoms with Crippen molar-refractivity contribution in [2.24, 2.45) is 0 Å². The molecule has 0 saturated carbocycles. The fraction of sp³-hybridized carbons (Fsp3) is 0.214. The number of nitrogens with zero attached hydrogens (tertiary/aromatic N) is 5. The Labute approximate surface area is 215 Å². The van der Waals surface area contributed by atoms with Crippen LogP contribution in [0.2, 0.25) is 0 Å². The van der Waals surface area contributed by atoms with Crippen LogP contribution in [0.15, 0.2) is 60.8 Å². The number of aromatic nitrogens is 3. The summed E-state index contributed by atoms with van der Waals surface area (Å²) in [6.07, 6.45) is 4.40. The average molecular weight is 500 g/mol. The molecule has 3 heterocycles. The SMILES string of the molecule is CCN1C/C(=C\c2cn(CCC#N)nc2-c2ccccc2)c2nc3ccccc3c(C(=O)O)c2C1.Cl. The summed E-state index contributed by atoms with van der Waals surface area (Å²) < 4.78 is 1.80. The molecule has 5 rings (SSSR count). The highest BCUT2D eigenvalue weighted by atomic mass is 35.5. The van der Waals surface area contributed by atoms with Crippen LogP contribution in [0.4, 0.5) is 0 Å². The van der Waals surface area contributed by atoms with Gasteiger partial charge in [0.25, 0.3) is 0 Å². The van der Waals surface area contributed by atoms with Gasteiger partial charge < -0.3 is 5.11 Å². The van der Waals surface area contributed by atoms with Crippen molar-refractivity contribution in [1.29, 1.82) is 5.26 Å².